The second kappa shape index (κ2) is 8.99. The average Bonchev–Trinajstić information content (AvgIpc) is 3.56. The highest BCUT2D eigenvalue weighted by Gasteiger charge is 2.16. The maximum absolute atomic E-state index is 3.32. The lowest BCUT2D eigenvalue weighted by Gasteiger charge is -2.26. The summed E-state index contributed by atoms with van der Waals surface area (Å²) in [6.07, 6.45) is 4.73. The van der Waals surface area contributed by atoms with Gasteiger partial charge in [-0.05, 0) is 86.9 Å². The monoisotopic (exact) mass is 429 g/mol. The number of hydrogen-bond donors (Lipinski definition) is 1. The van der Waals surface area contributed by atoms with Gasteiger partial charge in [-0.3, -0.25) is 9.80 Å². The van der Waals surface area contributed by atoms with Gasteiger partial charge in [-0.25, -0.2) is 0 Å². The molecule has 1 fully saturated rings. The first-order valence-electron chi connectivity index (χ1n) is 11.3. The van der Waals surface area contributed by atoms with Crippen molar-refractivity contribution in [2.45, 2.75) is 38.9 Å². The molecule has 0 unspecified atom stereocenters. The Hall–Kier alpha value is -2.40. The summed E-state index contributed by atoms with van der Waals surface area (Å²) in [5.74, 6) is 0. The third kappa shape index (κ3) is 4.47. The molecule has 4 heteroatoms. The van der Waals surface area contributed by atoms with Crippen molar-refractivity contribution in [2.75, 3.05) is 20.1 Å². The summed E-state index contributed by atoms with van der Waals surface area (Å²) in [7, 11) is 2.22. The molecule has 2 aromatic carbocycles. The van der Waals surface area contributed by atoms with Crippen molar-refractivity contribution in [3.05, 3.63) is 82.9 Å². The fraction of sp³-hybridized carbons (Fsp3) is 0.333. The summed E-state index contributed by atoms with van der Waals surface area (Å²) in [4.78, 5) is 11.2. The lowest BCUT2D eigenvalue weighted by Crippen LogP contribution is -2.22. The fourth-order valence-corrected chi connectivity index (χ4v) is 5.73. The molecule has 4 aromatic rings. The molecule has 1 saturated heterocycles. The highest BCUT2D eigenvalue weighted by molar-refractivity contribution is 7.15. The van der Waals surface area contributed by atoms with Crippen LogP contribution in [0.25, 0.3) is 21.3 Å². The molecule has 160 valence electrons. The fourth-order valence-electron chi connectivity index (χ4n) is 4.68. The number of nitrogens with one attached hydrogen (secondary N) is 1. The molecule has 2 aromatic heterocycles. The summed E-state index contributed by atoms with van der Waals surface area (Å²) < 4.78 is 0. The molecular weight excluding hydrogens is 398 g/mol. The normalized spacial score (nSPS) is 15.8. The number of aromatic amines is 1. The molecule has 0 spiro atoms. The third-order valence-electron chi connectivity index (χ3n) is 6.66. The van der Waals surface area contributed by atoms with Crippen molar-refractivity contribution in [1.29, 1.82) is 0 Å². The first kappa shape index (κ1) is 20.5. The lowest BCUT2D eigenvalue weighted by atomic mass is 10.0. The summed E-state index contributed by atoms with van der Waals surface area (Å²) in [5, 5.41) is 1.32. The number of rotatable bonds is 7. The van der Waals surface area contributed by atoms with E-state index < -0.39 is 0 Å². The molecule has 0 bridgehead atoms. The standard InChI is InChI=1S/C27H31N3S/c1-20(29(2)18-23-9-6-10-26-25(23)13-14-28-26)21-7-5-8-22(17-21)27-12-11-24(31-27)19-30-15-3-4-16-30/h5-14,17,20,28H,3-4,15-16,18-19H2,1-2H3/t20-/m1/s1. The number of likely N-dealkylation sites (tertiary alicyclic amines) is 1. The Kier molecular flexibility index (Phi) is 5.95. The molecule has 1 atom stereocenters. The predicted octanol–water partition coefficient (Wildman–Crippen LogP) is 6.69. The van der Waals surface area contributed by atoms with E-state index in [4.69, 9.17) is 0 Å². The Morgan fingerprint density at radius 1 is 1.03 bits per heavy atom. The molecule has 0 saturated carbocycles. The number of nitrogens with zero attached hydrogens (tertiary/aromatic N) is 2. The van der Waals surface area contributed by atoms with Crippen LogP contribution >= 0.6 is 11.3 Å². The van der Waals surface area contributed by atoms with Crippen molar-refractivity contribution in [1.82, 2.24) is 14.8 Å². The van der Waals surface area contributed by atoms with Crippen molar-refractivity contribution in [3.8, 4) is 10.4 Å². The van der Waals surface area contributed by atoms with E-state index in [1.165, 1.54) is 63.3 Å². The van der Waals surface area contributed by atoms with Gasteiger partial charge in [0.25, 0.3) is 0 Å². The van der Waals surface area contributed by atoms with Gasteiger partial charge in [0.1, 0.15) is 0 Å². The second-order valence-electron chi connectivity index (χ2n) is 8.82. The molecule has 5 rings (SSSR count). The van der Waals surface area contributed by atoms with Crippen LogP contribution in [0.3, 0.4) is 0 Å². The lowest BCUT2D eigenvalue weighted by molar-refractivity contribution is 0.254. The van der Waals surface area contributed by atoms with Gasteiger partial charge in [-0.1, -0.05) is 30.3 Å². The Morgan fingerprint density at radius 2 is 1.87 bits per heavy atom. The van der Waals surface area contributed by atoms with Crippen LogP contribution in [0.2, 0.25) is 0 Å². The van der Waals surface area contributed by atoms with Gasteiger partial charge in [0.05, 0.1) is 0 Å². The molecule has 1 aliphatic rings. The van der Waals surface area contributed by atoms with E-state index >= 15 is 0 Å². The van der Waals surface area contributed by atoms with Crippen molar-refractivity contribution in [2.24, 2.45) is 0 Å². The quantitative estimate of drug-likeness (QED) is 0.354. The van der Waals surface area contributed by atoms with E-state index in [2.05, 4.69) is 89.4 Å². The van der Waals surface area contributed by atoms with Crippen molar-refractivity contribution >= 4 is 22.2 Å². The van der Waals surface area contributed by atoms with Crippen molar-refractivity contribution in [3.63, 3.8) is 0 Å². The minimum absolute atomic E-state index is 0.346. The van der Waals surface area contributed by atoms with Crippen molar-refractivity contribution < 1.29 is 0 Å². The first-order valence-corrected chi connectivity index (χ1v) is 12.2. The van der Waals surface area contributed by atoms with E-state index in [1.807, 2.05) is 17.5 Å². The van der Waals surface area contributed by atoms with E-state index in [9.17, 15) is 0 Å². The van der Waals surface area contributed by atoms with Crippen LogP contribution in [-0.2, 0) is 13.1 Å². The maximum atomic E-state index is 3.32. The molecule has 3 heterocycles. The van der Waals surface area contributed by atoms with Gasteiger partial charge in [0.15, 0.2) is 0 Å². The summed E-state index contributed by atoms with van der Waals surface area (Å²) in [5.41, 5.74) is 5.29. The highest BCUT2D eigenvalue weighted by atomic mass is 32.1. The number of thiophene rings is 1. The van der Waals surface area contributed by atoms with Crippen LogP contribution in [0.5, 0.6) is 0 Å². The topological polar surface area (TPSA) is 22.3 Å². The number of aromatic nitrogens is 1. The average molecular weight is 430 g/mol. The van der Waals surface area contributed by atoms with Crippen LogP contribution < -0.4 is 0 Å². The van der Waals surface area contributed by atoms with Crippen LogP contribution in [0.4, 0.5) is 0 Å². The van der Waals surface area contributed by atoms with E-state index in [0.717, 1.165) is 13.1 Å². The number of benzene rings is 2. The molecule has 1 N–H and O–H groups in total. The maximum Gasteiger partial charge on any atom is 0.0457 e. The Labute approximate surface area is 189 Å². The van der Waals surface area contributed by atoms with E-state index in [1.54, 1.807) is 0 Å². The Balaban J connectivity index is 1.31. The van der Waals surface area contributed by atoms with E-state index in [0.29, 0.717) is 6.04 Å². The molecule has 0 amide bonds. The minimum Gasteiger partial charge on any atom is -0.361 e. The van der Waals surface area contributed by atoms with Gasteiger partial charge < -0.3 is 4.98 Å². The zero-order valence-electron chi connectivity index (χ0n) is 18.5. The molecule has 3 nitrogen and oxygen atoms in total. The molecule has 31 heavy (non-hydrogen) atoms. The van der Waals surface area contributed by atoms with E-state index in [-0.39, 0.29) is 0 Å². The highest BCUT2D eigenvalue weighted by Crippen LogP contribution is 2.32. The first-order chi connectivity index (χ1) is 15.2. The number of fused-ring (bicyclic) bond motifs is 1. The number of hydrogen-bond acceptors (Lipinski definition) is 3. The zero-order chi connectivity index (χ0) is 21.2. The van der Waals surface area contributed by atoms with Gasteiger partial charge in [-0.2, -0.15) is 0 Å². The Bertz CT molecular complexity index is 1150. The van der Waals surface area contributed by atoms with Gasteiger partial charge in [0, 0.05) is 46.0 Å². The molecule has 0 aliphatic carbocycles. The van der Waals surface area contributed by atoms with Crippen LogP contribution in [-0.4, -0.2) is 34.9 Å². The number of H-pyrrole nitrogens is 1. The zero-order valence-corrected chi connectivity index (χ0v) is 19.3. The second-order valence-corrected chi connectivity index (χ2v) is 9.99. The Morgan fingerprint density at radius 3 is 2.74 bits per heavy atom. The van der Waals surface area contributed by atoms with Crippen LogP contribution in [0.15, 0.2) is 66.9 Å². The van der Waals surface area contributed by atoms with Gasteiger partial charge >= 0.3 is 0 Å². The van der Waals surface area contributed by atoms with Crippen LogP contribution in [0.1, 0.15) is 41.8 Å². The summed E-state index contributed by atoms with van der Waals surface area (Å²) in [6, 6.07) is 22.8. The third-order valence-corrected chi connectivity index (χ3v) is 7.78. The van der Waals surface area contributed by atoms with Gasteiger partial charge in [-0.15, -0.1) is 11.3 Å². The smallest absolute Gasteiger partial charge is 0.0457 e. The molecular formula is C27H31N3S. The minimum atomic E-state index is 0.346. The molecule has 0 radical (unpaired) electrons. The molecule has 1 aliphatic heterocycles. The van der Waals surface area contributed by atoms with Gasteiger partial charge in [0.2, 0.25) is 0 Å². The predicted molar refractivity (Wildman–Crippen MR) is 132 cm³/mol. The van der Waals surface area contributed by atoms with Crippen LogP contribution in [0, 0.1) is 0 Å². The largest absolute Gasteiger partial charge is 0.361 e. The summed E-state index contributed by atoms with van der Waals surface area (Å²) in [6.45, 7) is 6.85. The SMILES string of the molecule is C[C@H](c1cccc(-c2ccc(CN3CCCC3)s2)c1)N(C)Cc1cccc2[nH]ccc12. The summed E-state index contributed by atoms with van der Waals surface area (Å²) >= 11 is 1.95.